The Bertz CT molecular complexity index is 1230. The van der Waals surface area contributed by atoms with Crippen molar-refractivity contribution in [2.24, 2.45) is 0 Å². The van der Waals surface area contributed by atoms with Crippen molar-refractivity contribution < 1.29 is 23.1 Å². The molecule has 2 N–H and O–H groups in total. The Morgan fingerprint density at radius 1 is 1.14 bits per heavy atom. The summed E-state index contributed by atoms with van der Waals surface area (Å²) in [5.74, 6) is 0.0184. The fraction of sp³-hybridized carbons (Fsp3) is 0.444. The molecule has 2 aromatic rings. The molecule has 1 amide bonds. The largest absolute Gasteiger partial charge is 0.417 e. The molecule has 6 nitrogen and oxygen atoms in total. The number of nitrogens with one attached hydrogen (secondary N) is 1. The fourth-order valence-electron chi connectivity index (χ4n) is 5.37. The van der Waals surface area contributed by atoms with Crippen LogP contribution >= 0.6 is 12.2 Å². The van der Waals surface area contributed by atoms with Crippen LogP contribution < -0.4 is 15.1 Å². The number of hydrogen-bond acceptors (Lipinski definition) is 4. The van der Waals surface area contributed by atoms with Crippen LogP contribution in [0.25, 0.3) is 0 Å². The maximum Gasteiger partial charge on any atom is 0.417 e. The fourth-order valence-corrected chi connectivity index (χ4v) is 5.94. The molecule has 2 aromatic carbocycles. The number of amides is 1. The zero-order valence-electron chi connectivity index (χ0n) is 20.7. The number of carbonyl (C=O) groups excluding carboxylic acids is 1. The Kier molecular flexibility index (Phi) is 7.23. The standard InChI is InChI=1S/C27H29F3N4O2S/c1-25(36)26(14-5-15-26)34(20-11-8-18(9-12-20)6-3-4-7-23(35)32-2)24(37)33(25)21-13-10-19(17-31)22(16-21)27(28,29)30/h8-13,16,36H,3-7,14-15H2,1-2H3,(H,32,35). The van der Waals surface area contributed by atoms with Crippen LogP contribution in [-0.4, -0.2) is 34.4 Å². The molecule has 0 aromatic heterocycles. The van der Waals surface area contributed by atoms with Gasteiger partial charge in [-0.05, 0) is 93.6 Å². The lowest BCUT2D eigenvalue weighted by molar-refractivity contribution is -0.137. The number of benzene rings is 2. The van der Waals surface area contributed by atoms with Crippen LogP contribution in [0.15, 0.2) is 42.5 Å². The number of aliphatic hydroxyl groups is 1. The molecule has 0 bridgehead atoms. The maximum atomic E-state index is 13.7. The average molecular weight is 531 g/mol. The first kappa shape index (κ1) is 26.9. The van der Waals surface area contributed by atoms with E-state index in [-0.39, 0.29) is 16.7 Å². The van der Waals surface area contributed by atoms with Gasteiger partial charge in [-0.1, -0.05) is 12.1 Å². The first-order valence-electron chi connectivity index (χ1n) is 12.2. The molecule has 1 heterocycles. The molecule has 1 spiro atoms. The molecule has 1 unspecified atom stereocenters. The van der Waals surface area contributed by atoms with Crippen LogP contribution in [-0.2, 0) is 17.4 Å². The van der Waals surface area contributed by atoms with Crippen LogP contribution in [0, 0.1) is 11.3 Å². The molecule has 2 fully saturated rings. The normalized spacial score (nSPS) is 20.6. The van der Waals surface area contributed by atoms with Crippen LogP contribution in [0.3, 0.4) is 0 Å². The molecule has 0 radical (unpaired) electrons. The number of nitrogens with zero attached hydrogens (tertiary/aromatic N) is 3. The van der Waals surface area contributed by atoms with Crippen molar-refractivity contribution in [3.63, 3.8) is 0 Å². The Labute approximate surface area is 219 Å². The van der Waals surface area contributed by atoms with E-state index >= 15 is 0 Å². The van der Waals surface area contributed by atoms with Crippen LogP contribution in [0.4, 0.5) is 24.5 Å². The number of nitriles is 1. The number of aryl methyl sites for hydroxylation is 1. The topological polar surface area (TPSA) is 79.6 Å². The number of anilines is 2. The van der Waals surface area contributed by atoms with Crippen molar-refractivity contribution in [2.75, 3.05) is 16.8 Å². The summed E-state index contributed by atoms with van der Waals surface area (Å²) in [5, 5.41) is 23.8. The van der Waals surface area contributed by atoms with Gasteiger partial charge in [-0.2, -0.15) is 18.4 Å². The summed E-state index contributed by atoms with van der Waals surface area (Å²) >= 11 is 5.78. The Morgan fingerprint density at radius 3 is 2.32 bits per heavy atom. The van der Waals surface area contributed by atoms with E-state index in [1.54, 1.807) is 20.0 Å². The van der Waals surface area contributed by atoms with Gasteiger partial charge in [-0.25, -0.2) is 0 Å². The van der Waals surface area contributed by atoms with Gasteiger partial charge in [0.15, 0.2) is 10.8 Å². The molecule has 2 aliphatic rings. The first-order chi connectivity index (χ1) is 17.5. The van der Waals surface area contributed by atoms with Gasteiger partial charge in [-0.3, -0.25) is 9.69 Å². The van der Waals surface area contributed by atoms with Crippen molar-refractivity contribution in [2.45, 2.75) is 69.3 Å². The summed E-state index contributed by atoms with van der Waals surface area (Å²) in [7, 11) is 1.62. The summed E-state index contributed by atoms with van der Waals surface area (Å²) in [6.45, 7) is 1.59. The third-order valence-corrected chi connectivity index (χ3v) is 7.95. The lowest BCUT2D eigenvalue weighted by Crippen LogP contribution is -2.64. The average Bonchev–Trinajstić information content (AvgIpc) is 3.02. The number of unbranched alkanes of at least 4 members (excludes halogenated alkanes) is 1. The molecule has 196 valence electrons. The van der Waals surface area contributed by atoms with E-state index in [0.717, 1.165) is 49.1 Å². The maximum absolute atomic E-state index is 13.7. The van der Waals surface area contributed by atoms with Gasteiger partial charge >= 0.3 is 6.18 Å². The number of halogens is 3. The SMILES string of the molecule is CNC(=O)CCCCc1ccc(N2C(=S)N(c3ccc(C#N)c(C(F)(F)F)c3)C(C)(O)C23CCC3)cc1. The zero-order chi connectivity index (χ0) is 27.0. The number of carbonyl (C=O) groups is 1. The second kappa shape index (κ2) is 9.95. The van der Waals surface area contributed by atoms with Gasteiger partial charge in [0.25, 0.3) is 0 Å². The third-order valence-electron chi connectivity index (χ3n) is 7.59. The van der Waals surface area contributed by atoms with E-state index < -0.39 is 28.6 Å². The van der Waals surface area contributed by atoms with E-state index in [2.05, 4.69) is 5.32 Å². The number of alkyl halides is 3. The molecular weight excluding hydrogens is 501 g/mol. The Hall–Kier alpha value is -3.16. The molecule has 10 heteroatoms. The molecular formula is C27H29F3N4O2S. The van der Waals surface area contributed by atoms with Gasteiger partial charge in [0, 0.05) is 24.8 Å². The monoisotopic (exact) mass is 530 g/mol. The predicted octanol–water partition coefficient (Wildman–Crippen LogP) is 5.28. The highest BCUT2D eigenvalue weighted by Crippen LogP contribution is 2.55. The summed E-state index contributed by atoms with van der Waals surface area (Å²) in [6.07, 6.45) is 0.314. The van der Waals surface area contributed by atoms with Gasteiger partial charge < -0.3 is 15.3 Å². The second-order valence-electron chi connectivity index (χ2n) is 9.75. The highest BCUT2D eigenvalue weighted by atomic mass is 32.1. The van der Waals surface area contributed by atoms with Crippen LogP contribution in [0.2, 0.25) is 0 Å². The first-order valence-corrected chi connectivity index (χ1v) is 12.6. The molecule has 4 rings (SSSR count). The van der Waals surface area contributed by atoms with E-state index in [9.17, 15) is 28.3 Å². The summed E-state index contributed by atoms with van der Waals surface area (Å²) in [5.41, 5.74) is -1.97. The summed E-state index contributed by atoms with van der Waals surface area (Å²) in [6, 6.07) is 12.8. The van der Waals surface area contributed by atoms with Gasteiger partial charge in [0.1, 0.15) is 0 Å². The lowest BCUT2D eigenvalue weighted by atomic mass is 9.69. The number of hydrogen-bond donors (Lipinski definition) is 2. The zero-order valence-corrected chi connectivity index (χ0v) is 21.5. The number of rotatable bonds is 7. The smallest absolute Gasteiger partial charge is 0.368 e. The highest BCUT2D eigenvalue weighted by Gasteiger charge is 2.66. The minimum Gasteiger partial charge on any atom is -0.368 e. The van der Waals surface area contributed by atoms with E-state index in [4.69, 9.17) is 12.2 Å². The van der Waals surface area contributed by atoms with E-state index in [1.165, 1.54) is 11.0 Å². The van der Waals surface area contributed by atoms with Crippen molar-refractivity contribution in [1.29, 1.82) is 5.26 Å². The second-order valence-corrected chi connectivity index (χ2v) is 10.1. The van der Waals surface area contributed by atoms with Crippen LogP contribution in [0.1, 0.15) is 62.1 Å². The van der Waals surface area contributed by atoms with E-state index in [0.29, 0.717) is 19.3 Å². The van der Waals surface area contributed by atoms with Gasteiger partial charge in [0.05, 0.1) is 22.7 Å². The van der Waals surface area contributed by atoms with Gasteiger partial charge in [-0.15, -0.1) is 0 Å². The van der Waals surface area contributed by atoms with E-state index in [1.807, 2.05) is 29.2 Å². The number of thiocarbonyl (C=S) groups is 1. The quantitative estimate of drug-likeness (QED) is 0.375. The Morgan fingerprint density at radius 2 is 1.78 bits per heavy atom. The lowest BCUT2D eigenvalue weighted by Gasteiger charge is -2.51. The van der Waals surface area contributed by atoms with Crippen molar-refractivity contribution in [1.82, 2.24) is 5.32 Å². The van der Waals surface area contributed by atoms with Crippen molar-refractivity contribution in [3.8, 4) is 6.07 Å². The molecule has 1 saturated carbocycles. The van der Waals surface area contributed by atoms with Crippen LogP contribution in [0.5, 0.6) is 0 Å². The molecule has 1 atom stereocenters. The molecule has 1 aliphatic heterocycles. The predicted molar refractivity (Wildman–Crippen MR) is 139 cm³/mol. The molecule has 37 heavy (non-hydrogen) atoms. The molecule has 1 saturated heterocycles. The highest BCUT2D eigenvalue weighted by molar-refractivity contribution is 7.80. The summed E-state index contributed by atoms with van der Waals surface area (Å²) < 4.78 is 41.0. The Balaban J connectivity index is 1.63. The van der Waals surface area contributed by atoms with Gasteiger partial charge in [0.2, 0.25) is 5.91 Å². The minimum absolute atomic E-state index is 0.0184. The third kappa shape index (κ3) is 4.66. The van der Waals surface area contributed by atoms with Crippen molar-refractivity contribution >= 4 is 34.6 Å². The van der Waals surface area contributed by atoms with Crippen molar-refractivity contribution in [3.05, 3.63) is 59.2 Å². The molecule has 1 aliphatic carbocycles. The summed E-state index contributed by atoms with van der Waals surface area (Å²) in [4.78, 5) is 14.6. The minimum atomic E-state index is -4.72.